The number of benzene rings is 2. The number of likely N-dealkylation sites (tertiary alicyclic amines) is 1. The molecule has 38 heavy (non-hydrogen) atoms. The van der Waals surface area contributed by atoms with Crippen molar-refractivity contribution in [2.24, 2.45) is 0 Å². The standard InChI is InChI=1S/C32H43ClN2O3/c1-6-8-19-34(20-9-7-2)21-10-22-35-28(23-11-15-25(16-12-23)32(3,4)5)27(30(37)31(35)38)29(36)24-13-17-26(33)18-14-24/h11-18,28,36H,6-10,19-22H2,1-5H3/b29-27+. The Morgan fingerprint density at radius 2 is 1.45 bits per heavy atom. The molecule has 0 aromatic heterocycles. The highest BCUT2D eigenvalue weighted by Gasteiger charge is 2.45. The number of carbonyl (C=O) groups excluding carboxylic acids is 2. The first kappa shape index (κ1) is 29.9. The number of unbranched alkanes of at least 4 members (excludes halogenated alkanes) is 2. The molecule has 1 aliphatic heterocycles. The first-order valence-corrected chi connectivity index (χ1v) is 14.3. The molecule has 1 N–H and O–H groups in total. The second-order valence-electron chi connectivity index (χ2n) is 11.3. The number of aliphatic hydroxyl groups is 1. The Balaban J connectivity index is 1.95. The van der Waals surface area contributed by atoms with E-state index in [-0.39, 0.29) is 16.7 Å². The largest absolute Gasteiger partial charge is 0.507 e. The van der Waals surface area contributed by atoms with Gasteiger partial charge in [0, 0.05) is 17.1 Å². The van der Waals surface area contributed by atoms with E-state index in [1.54, 1.807) is 29.2 Å². The van der Waals surface area contributed by atoms with E-state index in [4.69, 9.17) is 11.6 Å². The van der Waals surface area contributed by atoms with Crippen molar-refractivity contribution in [3.05, 3.63) is 75.8 Å². The molecule has 0 spiro atoms. The summed E-state index contributed by atoms with van der Waals surface area (Å²) in [5, 5.41) is 11.8. The summed E-state index contributed by atoms with van der Waals surface area (Å²) in [6, 6.07) is 14.1. The van der Waals surface area contributed by atoms with Crippen molar-refractivity contribution >= 4 is 29.1 Å². The van der Waals surface area contributed by atoms with Crippen LogP contribution in [0, 0.1) is 0 Å². The quantitative estimate of drug-likeness (QED) is 0.174. The number of hydrogen-bond donors (Lipinski definition) is 1. The van der Waals surface area contributed by atoms with Crippen molar-refractivity contribution in [3.8, 4) is 0 Å². The van der Waals surface area contributed by atoms with Crippen LogP contribution in [0.1, 0.15) is 89.5 Å². The zero-order valence-electron chi connectivity index (χ0n) is 23.6. The Hall–Kier alpha value is -2.63. The summed E-state index contributed by atoms with van der Waals surface area (Å²) in [6.07, 6.45) is 5.35. The van der Waals surface area contributed by atoms with E-state index in [1.165, 1.54) is 5.56 Å². The van der Waals surface area contributed by atoms with E-state index < -0.39 is 17.7 Å². The molecule has 1 amide bonds. The fraction of sp³-hybridized carbons (Fsp3) is 0.500. The number of ketones is 1. The molecule has 5 nitrogen and oxygen atoms in total. The molecule has 2 aromatic carbocycles. The zero-order chi connectivity index (χ0) is 27.9. The van der Waals surface area contributed by atoms with Gasteiger partial charge in [-0.1, -0.05) is 83.3 Å². The predicted octanol–water partition coefficient (Wildman–Crippen LogP) is 7.35. The Morgan fingerprint density at radius 1 is 0.895 bits per heavy atom. The fourth-order valence-electron chi connectivity index (χ4n) is 4.95. The molecule has 2 aromatic rings. The highest BCUT2D eigenvalue weighted by atomic mass is 35.5. The summed E-state index contributed by atoms with van der Waals surface area (Å²) >= 11 is 6.04. The van der Waals surface area contributed by atoms with Gasteiger partial charge in [-0.05, 0) is 79.7 Å². The minimum Gasteiger partial charge on any atom is -0.507 e. The van der Waals surface area contributed by atoms with Crippen LogP contribution in [0.5, 0.6) is 0 Å². The summed E-state index contributed by atoms with van der Waals surface area (Å²) in [5.74, 6) is -1.37. The second-order valence-corrected chi connectivity index (χ2v) is 11.7. The lowest BCUT2D eigenvalue weighted by atomic mass is 9.85. The highest BCUT2D eigenvalue weighted by molar-refractivity contribution is 6.46. The lowest BCUT2D eigenvalue weighted by Crippen LogP contribution is -2.34. The summed E-state index contributed by atoms with van der Waals surface area (Å²) in [4.78, 5) is 30.8. The average Bonchev–Trinajstić information content (AvgIpc) is 3.14. The predicted molar refractivity (Wildman–Crippen MR) is 156 cm³/mol. The summed E-state index contributed by atoms with van der Waals surface area (Å²) in [6.45, 7) is 14.3. The van der Waals surface area contributed by atoms with Gasteiger partial charge >= 0.3 is 0 Å². The summed E-state index contributed by atoms with van der Waals surface area (Å²) in [5.41, 5.74) is 2.56. The van der Waals surface area contributed by atoms with E-state index in [1.807, 2.05) is 12.1 Å². The van der Waals surface area contributed by atoms with Gasteiger partial charge in [0.05, 0.1) is 11.6 Å². The highest BCUT2D eigenvalue weighted by Crippen LogP contribution is 2.40. The SMILES string of the molecule is CCCCN(CCCC)CCCN1C(=O)C(=O)/C(=C(/O)c2ccc(Cl)cc2)C1c1ccc(C(C)(C)C)cc1. The van der Waals surface area contributed by atoms with Gasteiger partial charge in [-0.25, -0.2) is 0 Å². The maximum absolute atomic E-state index is 13.3. The Morgan fingerprint density at radius 3 is 1.97 bits per heavy atom. The number of nitrogens with zero attached hydrogens (tertiary/aromatic N) is 2. The lowest BCUT2D eigenvalue weighted by Gasteiger charge is -2.28. The van der Waals surface area contributed by atoms with E-state index in [9.17, 15) is 14.7 Å². The van der Waals surface area contributed by atoms with E-state index in [2.05, 4.69) is 51.7 Å². The molecule has 1 atom stereocenters. The van der Waals surface area contributed by atoms with Crippen molar-refractivity contribution in [1.82, 2.24) is 9.80 Å². The summed E-state index contributed by atoms with van der Waals surface area (Å²) in [7, 11) is 0. The molecule has 1 heterocycles. The molecule has 206 valence electrons. The van der Waals surface area contributed by atoms with Gasteiger partial charge in [-0.2, -0.15) is 0 Å². The Kier molecular flexibility index (Phi) is 10.6. The third-order valence-corrected chi connectivity index (χ3v) is 7.53. The molecule has 0 bridgehead atoms. The molecule has 1 aliphatic rings. The first-order chi connectivity index (χ1) is 18.1. The maximum atomic E-state index is 13.3. The fourth-order valence-corrected chi connectivity index (χ4v) is 5.08. The van der Waals surface area contributed by atoms with Gasteiger partial charge in [0.2, 0.25) is 0 Å². The number of rotatable bonds is 12. The third kappa shape index (κ3) is 7.27. The van der Waals surface area contributed by atoms with Gasteiger partial charge in [0.1, 0.15) is 5.76 Å². The van der Waals surface area contributed by atoms with Crippen LogP contribution in [0.15, 0.2) is 54.1 Å². The third-order valence-electron chi connectivity index (χ3n) is 7.28. The maximum Gasteiger partial charge on any atom is 0.295 e. The Labute approximate surface area is 233 Å². The van der Waals surface area contributed by atoms with Crippen molar-refractivity contribution in [2.75, 3.05) is 26.2 Å². The van der Waals surface area contributed by atoms with Crippen LogP contribution >= 0.6 is 11.6 Å². The number of Topliss-reactive ketones (excluding diaryl/α,β-unsaturated/α-hetero) is 1. The molecule has 0 aliphatic carbocycles. The number of carbonyl (C=O) groups is 2. The van der Waals surface area contributed by atoms with Gasteiger partial charge in [-0.3, -0.25) is 9.59 Å². The van der Waals surface area contributed by atoms with Crippen LogP contribution in [0.4, 0.5) is 0 Å². The Bertz CT molecular complexity index is 1110. The van der Waals surface area contributed by atoms with Crippen molar-refractivity contribution in [3.63, 3.8) is 0 Å². The monoisotopic (exact) mass is 538 g/mol. The first-order valence-electron chi connectivity index (χ1n) is 14.0. The molecule has 6 heteroatoms. The molecule has 3 rings (SSSR count). The van der Waals surface area contributed by atoms with Crippen LogP contribution in [0.2, 0.25) is 5.02 Å². The van der Waals surface area contributed by atoms with Crippen LogP contribution in [0.25, 0.3) is 5.76 Å². The van der Waals surface area contributed by atoms with Gasteiger partial charge in [-0.15, -0.1) is 0 Å². The van der Waals surface area contributed by atoms with Gasteiger partial charge in [0.25, 0.3) is 11.7 Å². The van der Waals surface area contributed by atoms with Gasteiger partial charge < -0.3 is 14.9 Å². The lowest BCUT2D eigenvalue weighted by molar-refractivity contribution is -0.140. The van der Waals surface area contributed by atoms with Crippen LogP contribution in [-0.4, -0.2) is 52.8 Å². The van der Waals surface area contributed by atoms with Crippen molar-refractivity contribution < 1.29 is 14.7 Å². The zero-order valence-corrected chi connectivity index (χ0v) is 24.4. The molecule has 1 unspecified atom stereocenters. The number of aliphatic hydroxyl groups excluding tert-OH is 1. The normalized spacial score (nSPS) is 17.6. The van der Waals surface area contributed by atoms with Crippen molar-refractivity contribution in [2.45, 2.75) is 78.2 Å². The molecule has 1 fully saturated rings. The van der Waals surface area contributed by atoms with Crippen LogP contribution in [0.3, 0.4) is 0 Å². The van der Waals surface area contributed by atoms with E-state index in [0.29, 0.717) is 17.1 Å². The van der Waals surface area contributed by atoms with E-state index >= 15 is 0 Å². The topological polar surface area (TPSA) is 60.9 Å². The van der Waals surface area contributed by atoms with E-state index in [0.717, 1.165) is 57.3 Å². The van der Waals surface area contributed by atoms with Crippen LogP contribution < -0.4 is 0 Å². The number of hydrogen-bond acceptors (Lipinski definition) is 4. The smallest absolute Gasteiger partial charge is 0.295 e. The number of halogens is 1. The molecular weight excluding hydrogens is 496 g/mol. The second kappa shape index (κ2) is 13.4. The minimum atomic E-state index is -0.642. The molecule has 0 saturated carbocycles. The van der Waals surface area contributed by atoms with Crippen LogP contribution in [-0.2, 0) is 15.0 Å². The molecular formula is C32H43ClN2O3. The van der Waals surface area contributed by atoms with Gasteiger partial charge in [0.15, 0.2) is 0 Å². The molecule has 1 saturated heterocycles. The summed E-state index contributed by atoms with van der Waals surface area (Å²) < 4.78 is 0. The average molecular weight is 539 g/mol. The van der Waals surface area contributed by atoms with Crippen molar-refractivity contribution in [1.29, 1.82) is 0 Å². The minimum absolute atomic E-state index is 0.0237. The number of amides is 1. The molecule has 0 radical (unpaired) electrons.